The van der Waals surface area contributed by atoms with Gasteiger partial charge in [-0.05, 0) is 24.6 Å². The Morgan fingerprint density at radius 1 is 1.29 bits per heavy atom. The predicted molar refractivity (Wildman–Crippen MR) is 87.6 cm³/mol. The molecule has 1 aliphatic heterocycles. The first-order chi connectivity index (χ1) is 10.0. The van der Waals surface area contributed by atoms with Crippen molar-refractivity contribution in [2.45, 2.75) is 19.4 Å². The predicted octanol–water partition coefficient (Wildman–Crippen LogP) is 2.11. The van der Waals surface area contributed by atoms with E-state index in [9.17, 15) is 8.42 Å². The van der Waals surface area contributed by atoms with Gasteiger partial charge in [0.25, 0.3) is 0 Å². The van der Waals surface area contributed by atoms with Crippen LogP contribution in [0.1, 0.15) is 24.9 Å². The van der Waals surface area contributed by atoms with Gasteiger partial charge in [-0.1, -0.05) is 36.7 Å². The maximum Gasteiger partial charge on any atom is 0.152 e. The largest absolute Gasteiger partial charge is 0.310 e. The first kappa shape index (κ1) is 16.7. The maximum atomic E-state index is 11.4. The van der Waals surface area contributed by atoms with Crippen molar-refractivity contribution in [1.29, 1.82) is 0 Å². The van der Waals surface area contributed by atoms with Gasteiger partial charge in [-0.15, -0.1) is 0 Å². The lowest BCUT2D eigenvalue weighted by atomic mass is 10.0. The van der Waals surface area contributed by atoms with Crippen LogP contribution in [-0.2, 0) is 9.84 Å². The molecular formula is C15H23ClN2O2S. The summed E-state index contributed by atoms with van der Waals surface area (Å²) in [6.45, 7) is 5.13. The number of hydrogen-bond donors (Lipinski definition) is 1. The summed E-state index contributed by atoms with van der Waals surface area (Å²) in [6, 6.07) is 8.11. The zero-order valence-corrected chi connectivity index (χ0v) is 14.0. The molecule has 0 amide bonds. The Morgan fingerprint density at radius 2 is 1.95 bits per heavy atom. The molecule has 0 bridgehead atoms. The molecule has 1 unspecified atom stereocenters. The van der Waals surface area contributed by atoms with E-state index in [1.807, 2.05) is 18.2 Å². The number of halogens is 1. The topological polar surface area (TPSA) is 49.4 Å². The normalized spacial score (nSPS) is 20.3. The van der Waals surface area contributed by atoms with Crippen LogP contribution >= 0.6 is 11.6 Å². The summed E-state index contributed by atoms with van der Waals surface area (Å²) in [6.07, 6.45) is 0.928. The van der Waals surface area contributed by atoms with Gasteiger partial charge in [0, 0.05) is 30.7 Å². The highest BCUT2D eigenvalue weighted by Crippen LogP contribution is 2.25. The van der Waals surface area contributed by atoms with Crippen molar-refractivity contribution >= 4 is 21.4 Å². The van der Waals surface area contributed by atoms with Crippen LogP contribution in [0.2, 0.25) is 5.02 Å². The van der Waals surface area contributed by atoms with E-state index in [1.54, 1.807) is 0 Å². The number of sulfone groups is 1. The van der Waals surface area contributed by atoms with Crippen molar-refractivity contribution in [1.82, 2.24) is 10.2 Å². The highest BCUT2D eigenvalue weighted by molar-refractivity contribution is 7.91. The van der Waals surface area contributed by atoms with E-state index >= 15 is 0 Å². The van der Waals surface area contributed by atoms with E-state index in [0.717, 1.165) is 30.1 Å². The number of benzene rings is 1. The van der Waals surface area contributed by atoms with E-state index in [4.69, 9.17) is 11.6 Å². The van der Waals surface area contributed by atoms with Gasteiger partial charge in [-0.3, -0.25) is 0 Å². The van der Waals surface area contributed by atoms with Crippen LogP contribution in [0.15, 0.2) is 24.3 Å². The fourth-order valence-electron chi connectivity index (χ4n) is 2.66. The zero-order valence-electron chi connectivity index (χ0n) is 12.4. The standard InChI is InChI=1S/C15H23ClN2O2S/c1-2-17-15(13-5-3-4-6-14(13)16)7-8-18-9-11-21(19,20)12-10-18/h3-6,15,17H,2,7-12H2,1H3. The average Bonchev–Trinajstić information content (AvgIpc) is 2.45. The summed E-state index contributed by atoms with van der Waals surface area (Å²) in [4.78, 5) is 2.22. The molecule has 1 atom stereocenters. The van der Waals surface area contributed by atoms with Crippen LogP contribution in [0.4, 0.5) is 0 Å². The first-order valence-corrected chi connectivity index (χ1v) is 9.62. The SMILES string of the molecule is CCNC(CCN1CCS(=O)(=O)CC1)c1ccccc1Cl. The van der Waals surface area contributed by atoms with Crippen LogP contribution in [0.5, 0.6) is 0 Å². The van der Waals surface area contributed by atoms with Gasteiger partial charge in [0.1, 0.15) is 0 Å². The number of nitrogens with one attached hydrogen (secondary N) is 1. The molecule has 0 aliphatic carbocycles. The second-order valence-electron chi connectivity index (χ2n) is 5.41. The highest BCUT2D eigenvalue weighted by Gasteiger charge is 2.22. The van der Waals surface area contributed by atoms with Crippen LogP contribution in [0, 0.1) is 0 Å². The molecule has 1 heterocycles. The second kappa shape index (κ2) is 7.58. The summed E-state index contributed by atoms with van der Waals surface area (Å²) >= 11 is 6.28. The van der Waals surface area contributed by atoms with Gasteiger partial charge in [0.15, 0.2) is 9.84 Å². The molecule has 1 saturated heterocycles. The third kappa shape index (κ3) is 4.95. The molecule has 21 heavy (non-hydrogen) atoms. The molecule has 1 aromatic rings. The summed E-state index contributed by atoms with van der Waals surface area (Å²) in [5, 5.41) is 4.25. The Kier molecular flexibility index (Phi) is 6.05. The van der Waals surface area contributed by atoms with Gasteiger partial charge in [-0.25, -0.2) is 8.42 Å². The Balaban J connectivity index is 1.94. The number of hydrogen-bond acceptors (Lipinski definition) is 4. The van der Waals surface area contributed by atoms with Crippen molar-refractivity contribution in [3.8, 4) is 0 Å². The average molecular weight is 331 g/mol. The van der Waals surface area contributed by atoms with Crippen LogP contribution in [0.3, 0.4) is 0 Å². The van der Waals surface area contributed by atoms with Crippen molar-refractivity contribution in [3.05, 3.63) is 34.9 Å². The molecule has 0 radical (unpaired) electrons. The minimum absolute atomic E-state index is 0.210. The Hall–Kier alpha value is -0.620. The lowest BCUT2D eigenvalue weighted by molar-refractivity contribution is 0.276. The van der Waals surface area contributed by atoms with Gasteiger partial charge < -0.3 is 10.2 Å². The quantitative estimate of drug-likeness (QED) is 0.868. The second-order valence-corrected chi connectivity index (χ2v) is 8.12. The van der Waals surface area contributed by atoms with E-state index in [2.05, 4.69) is 23.2 Å². The monoisotopic (exact) mass is 330 g/mol. The molecular weight excluding hydrogens is 308 g/mol. The highest BCUT2D eigenvalue weighted by atomic mass is 35.5. The van der Waals surface area contributed by atoms with E-state index in [-0.39, 0.29) is 17.5 Å². The fourth-order valence-corrected chi connectivity index (χ4v) is 4.20. The minimum atomic E-state index is -2.80. The summed E-state index contributed by atoms with van der Waals surface area (Å²) in [7, 11) is -2.80. The molecule has 1 fully saturated rings. The third-order valence-corrected chi connectivity index (χ3v) is 5.86. The summed E-state index contributed by atoms with van der Waals surface area (Å²) in [5.41, 5.74) is 1.12. The molecule has 0 aromatic heterocycles. The fraction of sp³-hybridized carbons (Fsp3) is 0.600. The van der Waals surface area contributed by atoms with Crippen molar-refractivity contribution in [2.24, 2.45) is 0 Å². The van der Waals surface area contributed by atoms with E-state index in [0.29, 0.717) is 13.1 Å². The molecule has 118 valence electrons. The molecule has 2 rings (SSSR count). The number of nitrogens with zero attached hydrogens (tertiary/aromatic N) is 1. The van der Waals surface area contributed by atoms with Gasteiger partial charge in [0.2, 0.25) is 0 Å². The molecule has 1 N–H and O–H groups in total. The van der Waals surface area contributed by atoms with Crippen molar-refractivity contribution in [3.63, 3.8) is 0 Å². The molecule has 0 saturated carbocycles. The lowest BCUT2D eigenvalue weighted by Crippen LogP contribution is -2.41. The van der Waals surface area contributed by atoms with Crippen LogP contribution < -0.4 is 5.32 Å². The van der Waals surface area contributed by atoms with E-state index < -0.39 is 9.84 Å². The minimum Gasteiger partial charge on any atom is -0.310 e. The Morgan fingerprint density at radius 3 is 2.57 bits per heavy atom. The summed E-state index contributed by atoms with van der Waals surface area (Å²) in [5.74, 6) is 0.565. The lowest BCUT2D eigenvalue weighted by Gasteiger charge is -2.29. The molecule has 1 aliphatic rings. The third-order valence-electron chi connectivity index (χ3n) is 3.90. The maximum absolute atomic E-state index is 11.4. The van der Waals surface area contributed by atoms with Crippen LogP contribution in [0.25, 0.3) is 0 Å². The first-order valence-electron chi connectivity index (χ1n) is 7.42. The molecule has 6 heteroatoms. The zero-order chi connectivity index (χ0) is 15.3. The van der Waals surface area contributed by atoms with Crippen LogP contribution in [-0.4, -0.2) is 51.0 Å². The van der Waals surface area contributed by atoms with E-state index in [1.165, 1.54) is 0 Å². The van der Waals surface area contributed by atoms with Gasteiger partial charge >= 0.3 is 0 Å². The summed E-state index contributed by atoms with van der Waals surface area (Å²) < 4.78 is 22.9. The Labute approximate surface area is 132 Å². The van der Waals surface area contributed by atoms with Gasteiger partial charge in [0.05, 0.1) is 11.5 Å². The smallest absolute Gasteiger partial charge is 0.152 e. The molecule has 1 aromatic carbocycles. The Bertz CT molecular complexity index is 549. The number of rotatable bonds is 6. The van der Waals surface area contributed by atoms with Gasteiger partial charge in [-0.2, -0.15) is 0 Å². The van der Waals surface area contributed by atoms with Crippen molar-refractivity contribution < 1.29 is 8.42 Å². The molecule has 0 spiro atoms. The van der Waals surface area contributed by atoms with Crippen molar-refractivity contribution in [2.75, 3.05) is 37.7 Å². The molecule has 4 nitrogen and oxygen atoms in total.